The van der Waals surface area contributed by atoms with Crippen molar-refractivity contribution in [1.82, 2.24) is 24.6 Å². The maximum atomic E-state index is 13.5. The highest BCUT2D eigenvalue weighted by Gasteiger charge is 2.34. The summed E-state index contributed by atoms with van der Waals surface area (Å²) >= 11 is 0. The lowest BCUT2D eigenvalue weighted by atomic mass is 10.00. The Kier molecular flexibility index (Phi) is 10.1. The average molecular weight is 502 g/mol. The minimum atomic E-state index is -0.387. The number of likely N-dealkylation sites (N-methyl/N-ethyl adjacent to an activating group) is 1. The van der Waals surface area contributed by atoms with Gasteiger partial charge in [-0.1, -0.05) is 18.8 Å². The Morgan fingerprint density at radius 2 is 2.03 bits per heavy atom. The Bertz CT molecular complexity index is 969. The number of fused-ring (bicyclic) bond motifs is 1. The number of aliphatic hydroxyl groups excluding tert-OH is 1. The van der Waals surface area contributed by atoms with Crippen molar-refractivity contribution in [1.29, 1.82) is 0 Å². The van der Waals surface area contributed by atoms with Crippen LogP contribution in [-0.2, 0) is 9.53 Å². The summed E-state index contributed by atoms with van der Waals surface area (Å²) in [5.74, 6) is 5.98. The van der Waals surface area contributed by atoms with E-state index in [0.717, 1.165) is 13.1 Å². The molecule has 3 heterocycles. The van der Waals surface area contributed by atoms with Crippen molar-refractivity contribution in [2.45, 2.75) is 26.0 Å². The smallest absolute Gasteiger partial charge is 0.259 e. The molecule has 10 heteroatoms. The normalized spacial score (nSPS) is 21.5. The third-order valence-corrected chi connectivity index (χ3v) is 6.49. The van der Waals surface area contributed by atoms with Crippen LogP contribution in [0.25, 0.3) is 0 Å². The Morgan fingerprint density at radius 3 is 2.69 bits per heavy atom. The fourth-order valence-electron chi connectivity index (χ4n) is 4.13. The predicted octanol–water partition coefficient (Wildman–Crippen LogP) is 0.00540. The zero-order valence-corrected chi connectivity index (χ0v) is 22.1. The fraction of sp³-hybridized carbons (Fsp3) is 0.654. The molecule has 198 valence electrons. The molecule has 0 radical (unpaired) electrons. The van der Waals surface area contributed by atoms with Gasteiger partial charge in [-0.15, -0.1) is 0 Å². The molecule has 1 N–H and O–H groups in total. The van der Waals surface area contributed by atoms with Crippen LogP contribution in [0.5, 0.6) is 5.88 Å². The SMILES string of the molecule is C[C@H]1CN([C@@H](C)CO)C(=O)c2cc(C#CCN(C)C)cnc2O[C@H]1CN(C)C(=O)CN1CCOCC1. The first-order valence-electron chi connectivity index (χ1n) is 12.5. The number of aromatic nitrogens is 1. The molecule has 2 aliphatic heterocycles. The third-order valence-electron chi connectivity index (χ3n) is 6.49. The number of carbonyl (C=O) groups excluding carboxylic acids is 2. The Labute approximate surface area is 214 Å². The van der Waals surface area contributed by atoms with Crippen molar-refractivity contribution in [3.8, 4) is 17.7 Å². The molecular formula is C26H39N5O5. The molecule has 0 aromatic carbocycles. The molecular weight excluding hydrogens is 462 g/mol. The van der Waals surface area contributed by atoms with Gasteiger partial charge in [-0.3, -0.25) is 19.4 Å². The molecule has 1 aromatic rings. The molecule has 2 aliphatic rings. The van der Waals surface area contributed by atoms with E-state index >= 15 is 0 Å². The Morgan fingerprint density at radius 1 is 1.31 bits per heavy atom. The van der Waals surface area contributed by atoms with E-state index in [9.17, 15) is 14.7 Å². The molecule has 1 fully saturated rings. The van der Waals surface area contributed by atoms with Gasteiger partial charge in [0.1, 0.15) is 11.7 Å². The van der Waals surface area contributed by atoms with Crippen molar-refractivity contribution < 1.29 is 24.2 Å². The first kappa shape index (κ1) is 27.9. The maximum absolute atomic E-state index is 13.5. The quantitative estimate of drug-likeness (QED) is 0.522. The second-order valence-corrected chi connectivity index (χ2v) is 9.90. The Balaban J connectivity index is 1.83. The van der Waals surface area contributed by atoms with Crippen molar-refractivity contribution in [3.63, 3.8) is 0 Å². The summed E-state index contributed by atoms with van der Waals surface area (Å²) < 4.78 is 11.7. The van der Waals surface area contributed by atoms with E-state index in [4.69, 9.17) is 9.47 Å². The minimum absolute atomic E-state index is 0.00566. The standard InChI is InChI=1S/C26H39N5O5/c1-19-15-31(20(2)18-32)26(34)22-13-21(7-6-8-28(3)4)14-27-25(22)36-23(19)16-29(5)24(33)17-30-9-11-35-12-10-30/h13-14,19-20,23,32H,8-12,15-18H2,1-5H3/t19-,20-,23-/m0/s1. The van der Waals surface area contributed by atoms with Crippen LogP contribution in [0.4, 0.5) is 0 Å². The molecule has 0 bridgehead atoms. The van der Waals surface area contributed by atoms with E-state index in [0.29, 0.717) is 50.5 Å². The number of morpholine rings is 1. The van der Waals surface area contributed by atoms with E-state index in [1.165, 1.54) is 0 Å². The van der Waals surface area contributed by atoms with Crippen LogP contribution in [0.3, 0.4) is 0 Å². The average Bonchev–Trinajstić information content (AvgIpc) is 2.86. The molecule has 36 heavy (non-hydrogen) atoms. The van der Waals surface area contributed by atoms with Crippen LogP contribution in [0.15, 0.2) is 12.3 Å². The summed E-state index contributed by atoms with van der Waals surface area (Å²) in [7, 11) is 5.64. The van der Waals surface area contributed by atoms with Crippen LogP contribution < -0.4 is 4.74 Å². The van der Waals surface area contributed by atoms with Gasteiger partial charge in [0, 0.05) is 44.4 Å². The molecule has 0 aliphatic carbocycles. The second-order valence-electron chi connectivity index (χ2n) is 9.90. The molecule has 10 nitrogen and oxygen atoms in total. The van der Waals surface area contributed by atoms with Crippen LogP contribution in [0.1, 0.15) is 29.8 Å². The van der Waals surface area contributed by atoms with Crippen molar-refractivity contribution in [2.75, 3.05) is 80.2 Å². The predicted molar refractivity (Wildman–Crippen MR) is 136 cm³/mol. The van der Waals surface area contributed by atoms with Crippen molar-refractivity contribution >= 4 is 11.8 Å². The fourth-order valence-corrected chi connectivity index (χ4v) is 4.13. The summed E-state index contributed by atoms with van der Waals surface area (Å²) in [6.45, 7) is 8.04. The van der Waals surface area contributed by atoms with Gasteiger partial charge in [-0.25, -0.2) is 4.98 Å². The summed E-state index contributed by atoms with van der Waals surface area (Å²) in [4.78, 5) is 38.2. The molecule has 0 unspecified atom stereocenters. The van der Waals surface area contributed by atoms with E-state index in [1.807, 2.05) is 32.8 Å². The van der Waals surface area contributed by atoms with Gasteiger partial charge in [-0.2, -0.15) is 0 Å². The van der Waals surface area contributed by atoms with E-state index in [-0.39, 0.29) is 42.4 Å². The number of amides is 2. The largest absolute Gasteiger partial charge is 0.472 e. The van der Waals surface area contributed by atoms with Crippen LogP contribution in [-0.4, -0.2) is 134 Å². The summed E-state index contributed by atoms with van der Waals surface area (Å²) in [5.41, 5.74) is 0.929. The first-order valence-corrected chi connectivity index (χ1v) is 12.5. The number of hydrogen-bond acceptors (Lipinski definition) is 8. The molecule has 3 atom stereocenters. The highest BCUT2D eigenvalue weighted by molar-refractivity contribution is 5.97. The Hall–Kier alpha value is -2.71. The number of pyridine rings is 1. The molecule has 1 aromatic heterocycles. The van der Waals surface area contributed by atoms with E-state index in [2.05, 4.69) is 21.7 Å². The number of nitrogens with zero attached hydrogens (tertiary/aromatic N) is 5. The minimum Gasteiger partial charge on any atom is -0.472 e. The lowest BCUT2D eigenvalue weighted by molar-refractivity contribution is -0.133. The monoisotopic (exact) mass is 501 g/mol. The summed E-state index contributed by atoms with van der Waals surface area (Å²) in [6, 6.07) is 1.32. The molecule has 2 amide bonds. The first-order chi connectivity index (χ1) is 17.2. The molecule has 1 saturated heterocycles. The highest BCUT2D eigenvalue weighted by atomic mass is 16.5. The van der Waals surface area contributed by atoms with Crippen molar-refractivity contribution in [3.05, 3.63) is 23.4 Å². The molecule has 0 spiro atoms. The van der Waals surface area contributed by atoms with Gasteiger partial charge in [0.05, 0.1) is 45.5 Å². The number of hydrogen-bond donors (Lipinski definition) is 1. The maximum Gasteiger partial charge on any atom is 0.259 e. The number of aliphatic hydroxyl groups is 1. The molecule has 3 rings (SSSR count). The van der Waals surface area contributed by atoms with Gasteiger partial charge in [0.15, 0.2) is 0 Å². The zero-order chi connectivity index (χ0) is 26.2. The third kappa shape index (κ3) is 7.40. The van der Waals surface area contributed by atoms with Gasteiger partial charge in [0.2, 0.25) is 11.8 Å². The van der Waals surface area contributed by atoms with Gasteiger partial charge in [0.25, 0.3) is 5.91 Å². The van der Waals surface area contributed by atoms with E-state index < -0.39 is 0 Å². The van der Waals surface area contributed by atoms with E-state index in [1.54, 1.807) is 29.1 Å². The van der Waals surface area contributed by atoms with Crippen molar-refractivity contribution in [2.24, 2.45) is 5.92 Å². The zero-order valence-electron chi connectivity index (χ0n) is 22.1. The number of rotatable bonds is 7. The summed E-state index contributed by atoms with van der Waals surface area (Å²) in [6.07, 6.45) is 1.22. The van der Waals surface area contributed by atoms with Gasteiger partial charge >= 0.3 is 0 Å². The lowest BCUT2D eigenvalue weighted by Gasteiger charge is -2.38. The summed E-state index contributed by atoms with van der Waals surface area (Å²) in [5, 5.41) is 9.83. The number of ether oxygens (including phenoxy) is 2. The van der Waals surface area contributed by atoms with Crippen LogP contribution in [0, 0.1) is 17.8 Å². The highest BCUT2D eigenvalue weighted by Crippen LogP contribution is 2.27. The van der Waals surface area contributed by atoms with Crippen LogP contribution in [0.2, 0.25) is 0 Å². The number of carbonyl (C=O) groups is 2. The lowest BCUT2D eigenvalue weighted by Crippen LogP contribution is -2.51. The van der Waals surface area contributed by atoms with Gasteiger partial charge < -0.3 is 24.4 Å². The molecule has 0 saturated carbocycles. The second kappa shape index (κ2) is 13.0. The van der Waals surface area contributed by atoms with Crippen LogP contribution >= 0.6 is 0 Å². The van der Waals surface area contributed by atoms with Gasteiger partial charge in [-0.05, 0) is 27.1 Å². The topological polar surface area (TPSA) is 98.7 Å².